The molecule has 0 aromatic heterocycles. The number of aliphatic hydroxyl groups excluding tert-OH is 3. The summed E-state index contributed by atoms with van der Waals surface area (Å²) in [7, 11) is 0. The Labute approximate surface area is 71.8 Å². The Hall–Kier alpha value is -0.160. The van der Waals surface area contributed by atoms with Crippen LogP contribution in [0.25, 0.3) is 0 Å². The van der Waals surface area contributed by atoms with E-state index in [2.05, 4.69) is 0 Å². The molecule has 0 aliphatic carbocycles. The number of rotatable bonds is 1. The van der Waals surface area contributed by atoms with Crippen LogP contribution in [0.2, 0.25) is 0 Å². The van der Waals surface area contributed by atoms with E-state index in [-0.39, 0.29) is 6.10 Å². The highest BCUT2D eigenvalue weighted by Crippen LogP contribution is 2.22. The molecule has 0 amide bonds. The van der Waals surface area contributed by atoms with E-state index in [1.165, 1.54) is 0 Å². The minimum atomic E-state index is -1.08. The van der Waals surface area contributed by atoms with Crippen molar-refractivity contribution < 1.29 is 20.1 Å². The summed E-state index contributed by atoms with van der Waals surface area (Å²) in [5, 5.41) is 28.0. The summed E-state index contributed by atoms with van der Waals surface area (Å²) in [6.07, 6.45) is -3.18. The molecule has 0 radical (unpaired) electrons. The molecule has 12 heavy (non-hydrogen) atoms. The minimum Gasteiger partial charge on any atom is -0.388 e. The highest BCUT2D eigenvalue weighted by Gasteiger charge is 2.40. The largest absolute Gasteiger partial charge is 0.388 e. The highest BCUT2D eigenvalue weighted by atomic mass is 16.5. The number of ether oxygens (including phenoxy) is 1. The van der Waals surface area contributed by atoms with Gasteiger partial charge in [0.1, 0.15) is 18.3 Å². The Morgan fingerprint density at radius 3 is 2.17 bits per heavy atom. The molecule has 1 aliphatic rings. The Morgan fingerprint density at radius 1 is 1.08 bits per heavy atom. The molecule has 1 fully saturated rings. The topological polar surface area (TPSA) is 69.9 Å². The van der Waals surface area contributed by atoms with Crippen LogP contribution in [0.4, 0.5) is 0 Å². The minimum absolute atomic E-state index is 0.363. The van der Waals surface area contributed by atoms with Gasteiger partial charge in [-0.25, -0.2) is 0 Å². The van der Waals surface area contributed by atoms with Gasteiger partial charge in [-0.15, -0.1) is 0 Å². The highest BCUT2D eigenvalue weighted by molar-refractivity contribution is 4.89. The quantitative estimate of drug-likeness (QED) is 0.492. The van der Waals surface area contributed by atoms with Crippen molar-refractivity contribution >= 4 is 0 Å². The molecule has 5 atom stereocenters. The summed E-state index contributed by atoms with van der Waals surface area (Å²) in [6, 6.07) is 0. The SMILES string of the molecule is CC[C@@H]1O[C@@H](C)[C@H](O)C(O)C1O. The summed E-state index contributed by atoms with van der Waals surface area (Å²) in [5.74, 6) is 0. The molecule has 4 heteroatoms. The molecule has 0 aromatic rings. The molecule has 0 saturated carbocycles. The van der Waals surface area contributed by atoms with E-state index in [9.17, 15) is 15.3 Å². The summed E-state index contributed by atoms with van der Waals surface area (Å²) < 4.78 is 5.27. The number of aliphatic hydroxyl groups is 3. The zero-order chi connectivity index (χ0) is 9.30. The lowest BCUT2D eigenvalue weighted by Crippen LogP contribution is -2.56. The first-order valence-corrected chi connectivity index (χ1v) is 4.27. The van der Waals surface area contributed by atoms with Crippen LogP contribution in [0.15, 0.2) is 0 Å². The van der Waals surface area contributed by atoms with Gasteiger partial charge in [-0.05, 0) is 13.3 Å². The zero-order valence-corrected chi connectivity index (χ0v) is 7.34. The van der Waals surface area contributed by atoms with Gasteiger partial charge in [0, 0.05) is 0 Å². The van der Waals surface area contributed by atoms with E-state index in [1.807, 2.05) is 6.92 Å². The zero-order valence-electron chi connectivity index (χ0n) is 7.34. The molecule has 0 spiro atoms. The van der Waals surface area contributed by atoms with Crippen molar-refractivity contribution in [3.63, 3.8) is 0 Å². The third-order valence-electron chi connectivity index (χ3n) is 2.35. The number of hydrogen-bond donors (Lipinski definition) is 3. The lowest BCUT2D eigenvalue weighted by molar-refractivity contribution is -0.217. The fourth-order valence-electron chi connectivity index (χ4n) is 1.47. The maximum Gasteiger partial charge on any atom is 0.111 e. The molecular weight excluding hydrogens is 160 g/mol. The van der Waals surface area contributed by atoms with Crippen LogP contribution in [-0.4, -0.2) is 45.8 Å². The standard InChI is InChI=1S/C8H16O4/c1-3-5-7(10)8(11)6(9)4(2)12-5/h4-11H,3H2,1-2H3/t4-,5-,6-,7?,8?/m0/s1. The van der Waals surface area contributed by atoms with Crippen LogP contribution in [0.3, 0.4) is 0 Å². The first-order valence-electron chi connectivity index (χ1n) is 4.27. The summed E-state index contributed by atoms with van der Waals surface area (Å²) in [6.45, 7) is 3.55. The molecule has 1 saturated heterocycles. The van der Waals surface area contributed by atoms with Crippen LogP contribution in [-0.2, 0) is 4.74 Å². The van der Waals surface area contributed by atoms with Crippen molar-refractivity contribution in [3.8, 4) is 0 Å². The van der Waals surface area contributed by atoms with Gasteiger partial charge in [-0.3, -0.25) is 0 Å². The smallest absolute Gasteiger partial charge is 0.111 e. The van der Waals surface area contributed by atoms with Crippen LogP contribution < -0.4 is 0 Å². The monoisotopic (exact) mass is 176 g/mol. The molecule has 4 nitrogen and oxygen atoms in total. The summed E-state index contributed by atoms with van der Waals surface area (Å²) in [5.41, 5.74) is 0. The first-order chi connectivity index (χ1) is 5.57. The van der Waals surface area contributed by atoms with Crippen molar-refractivity contribution in [1.29, 1.82) is 0 Å². The average molecular weight is 176 g/mol. The van der Waals surface area contributed by atoms with Gasteiger partial charge in [0.15, 0.2) is 0 Å². The Bertz CT molecular complexity index is 145. The van der Waals surface area contributed by atoms with E-state index >= 15 is 0 Å². The van der Waals surface area contributed by atoms with E-state index < -0.39 is 24.4 Å². The van der Waals surface area contributed by atoms with Crippen LogP contribution in [0.5, 0.6) is 0 Å². The second-order valence-electron chi connectivity index (χ2n) is 3.26. The summed E-state index contributed by atoms with van der Waals surface area (Å²) >= 11 is 0. The lowest BCUT2D eigenvalue weighted by Gasteiger charge is -2.39. The van der Waals surface area contributed by atoms with Gasteiger partial charge in [0.25, 0.3) is 0 Å². The molecule has 72 valence electrons. The Morgan fingerprint density at radius 2 is 1.67 bits per heavy atom. The first kappa shape index (κ1) is 9.92. The van der Waals surface area contributed by atoms with Gasteiger partial charge in [-0.2, -0.15) is 0 Å². The maximum absolute atomic E-state index is 9.39. The van der Waals surface area contributed by atoms with E-state index in [4.69, 9.17) is 4.74 Å². The van der Waals surface area contributed by atoms with Crippen molar-refractivity contribution in [1.82, 2.24) is 0 Å². The van der Waals surface area contributed by atoms with Gasteiger partial charge in [0.05, 0.1) is 12.2 Å². The lowest BCUT2D eigenvalue weighted by atomic mass is 9.94. The van der Waals surface area contributed by atoms with Crippen molar-refractivity contribution in [2.45, 2.75) is 50.8 Å². The molecule has 0 bridgehead atoms. The fourth-order valence-corrected chi connectivity index (χ4v) is 1.47. The maximum atomic E-state index is 9.39. The van der Waals surface area contributed by atoms with Gasteiger partial charge in [-0.1, -0.05) is 6.92 Å². The predicted octanol–water partition coefficient (Wildman–Crippen LogP) is -0.734. The van der Waals surface area contributed by atoms with Gasteiger partial charge in [0.2, 0.25) is 0 Å². The average Bonchev–Trinajstić information content (AvgIpc) is 2.08. The second-order valence-corrected chi connectivity index (χ2v) is 3.26. The fraction of sp³-hybridized carbons (Fsp3) is 1.00. The Kier molecular flexibility index (Phi) is 3.06. The Balaban J connectivity index is 2.63. The van der Waals surface area contributed by atoms with E-state index in [0.717, 1.165) is 0 Å². The molecule has 0 aromatic carbocycles. The molecular formula is C8H16O4. The van der Waals surface area contributed by atoms with Crippen molar-refractivity contribution in [2.75, 3.05) is 0 Å². The van der Waals surface area contributed by atoms with Crippen molar-refractivity contribution in [3.05, 3.63) is 0 Å². The molecule has 2 unspecified atom stereocenters. The molecule has 1 heterocycles. The third kappa shape index (κ3) is 1.61. The van der Waals surface area contributed by atoms with Gasteiger partial charge >= 0.3 is 0 Å². The molecule has 1 aliphatic heterocycles. The van der Waals surface area contributed by atoms with E-state index in [1.54, 1.807) is 6.92 Å². The van der Waals surface area contributed by atoms with Crippen molar-refractivity contribution in [2.24, 2.45) is 0 Å². The van der Waals surface area contributed by atoms with Crippen LogP contribution >= 0.6 is 0 Å². The normalized spacial score (nSPS) is 49.2. The second kappa shape index (κ2) is 3.70. The van der Waals surface area contributed by atoms with E-state index in [0.29, 0.717) is 6.42 Å². The molecule has 3 N–H and O–H groups in total. The van der Waals surface area contributed by atoms with Crippen LogP contribution in [0, 0.1) is 0 Å². The van der Waals surface area contributed by atoms with Gasteiger partial charge < -0.3 is 20.1 Å². The predicted molar refractivity (Wildman–Crippen MR) is 42.6 cm³/mol. The van der Waals surface area contributed by atoms with Crippen LogP contribution in [0.1, 0.15) is 20.3 Å². The molecule has 1 rings (SSSR count). The summed E-state index contributed by atoms with van der Waals surface area (Å²) in [4.78, 5) is 0. The third-order valence-corrected chi connectivity index (χ3v) is 2.35. The number of hydrogen-bond acceptors (Lipinski definition) is 4.